The van der Waals surface area contributed by atoms with Gasteiger partial charge in [0.25, 0.3) is 0 Å². The van der Waals surface area contributed by atoms with Crippen LogP contribution in [0, 0.1) is 0 Å². The molecule has 0 saturated heterocycles. The molecule has 3 heterocycles. The second-order valence-electron chi connectivity index (χ2n) is 12.2. The molecule has 0 aliphatic rings. The fraction of sp³-hybridized carbons (Fsp3) is 0. The Balaban J connectivity index is 1.30. The molecule has 220 valence electrons. The predicted octanol–water partition coefficient (Wildman–Crippen LogP) is 12.0. The zero-order chi connectivity index (χ0) is 30.9. The number of rotatable bonds is 4. The molecule has 10 rings (SSSR count). The third kappa shape index (κ3) is 3.87. The number of nitrogens with zero attached hydrogens (tertiary/aromatic N) is 3. The van der Waals surface area contributed by atoms with Gasteiger partial charge in [-0.3, -0.25) is 0 Å². The summed E-state index contributed by atoms with van der Waals surface area (Å²) in [5.41, 5.74) is 10.5. The number of benzene rings is 7. The van der Waals surface area contributed by atoms with Gasteiger partial charge < -0.3 is 13.9 Å². The summed E-state index contributed by atoms with van der Waals surface area (Å²) in [6.07, 6.45) is 0. The van der Waals surface area contributed by atoms with Crippen molar-refractivity contribution in [1.82, 2.24) is 8.97 Å². The molecule has 7 aromatic carbocycles. The van der Waals surface area contributed by atoms with Gasteiger partial charge in [0.1, 0.15) is 0 Å². The van der Waals surface area contributed by atoms with Crippen molar-refractivity contribution in [1.29, 1.82) is 0 Å². The molecule has 0 aliphatic carbocycles. The molecule has 0 aliphatic heterocycles. The van der Waals surface area contributed by atoms with Gasteiger partial charge in [0.05, 0.1) is 27.6 Å². The van der Waals surface area contributed by atoms with E-state index in [4.69, 9.17) is 0 Å². The lowest BCUT2D eigenvalue weighted by Gasteiger charge is -2.26. The van der Waals surface area contributed by atoms with E-state index in [-0.39, 0.29) is 0 Å². The topological polar surface area (TPSA) is 12.6 Å². The summed E-state index contributed by atoms with van der Waals surface area (Å²) in [7, 11) is 0. The molecule has 10 aromatic rings. The van der Waals surface area contributed by atoms with Crippen LogP contribution in [0.4, 0.5) is 17.1 Å². The summed E-state index contributed by atoms with van der Waals surface area (Å²) in [6.45, 7) is 0. The van der Waals surface area contributed by atoms with E-state index in [1.807, 2.05) is 0 Å². The molecule has 3 nitrogen and oxygen atoms in total. The van der Waals surface area contributed by atoms with Crippen LogP contribution in [0.3, 0.4) is 0 Å². The minimum absolute atomic E-state index is 1.11. The first-order chi connectivity index (χ1) is 23.3. The molecular weight excluding hydrogens is 571 g/mol. The summed E-state index contributed by atoms with van der Waals surface area (Å²) in [6, 6.07) is 63.7. The van der Waals surface area contributed by atoms with Gasteiger partial charge in [-0.1, -0.05) is 103 Å². The normalized spacial score (nSPS) is 11.8. The van der Waals surface area contributed by atoms with E-state index < -0.39 is 0 Å². The highest BCUT2D eigenvalue weighted by Gasteiger charge is 2.19. The highest BCUT2D eigenvalue weighted by atomic mass is 15.1. The number of anilines is 3. The zero-order valence-electron chi connectivity index (χ0n) is 25.6. The first-order valence-electron chi connectivity index (χ1n) is 16.1. The van der Waals surface area contributed by atoms with Gasteiger partial charge in [-0.15, -0.1) is 0 Å². The Hall–Kier alpha value is -6.32. The van der Waals surface area contributed by atoms with Crippen LogP contribution in [0.1, 0.15) is 0 Å². The first-order valence-corrected chi connectivity index (χ1v) is 16.1. The fourth-order valence-electron chi connectivity index (χ4n) is 7.61. The summed E-state index contributed by atoms with van der Waals surface area (Å²) in [5, 5.41) is 7.56. The second kappa shape index (κ2) is 10.1. The third-order valence-electron chi connectivity index (χ3n) is 9.61. The number of hydrogen-bond acceptors (Lipinski definition) is 1. The molecule has 0 bridgehead atoms. The Labute approximate surface area is 271 Å². The van der Waals surface area contributed by atoms with E-state index in [2.05, 4.69) is 190 Å². The molecule has 0 atom stereocenters. The largest absolute Gasteiger partial charge is 0.310 e. The Morgan fingerprint density at radius 3 is 1.62 bits per heavy atom. The molecular formula is C44H29N3. The van der Waals surface area contributed by atoms with Crippen molar-refractivity contribution >= 4 is 77.0 Å². The van der Waals surface area contributed by atoms with Crippen molar-refractivity contribution in [3.05, 3.63) is 176 Å². The van der Waals surface area contributed by atoms with E-state index >= 15 is 0 Å². The molecule has 0 fully saturated rings. The van der Waals surface area contributed by atoms with Crippen molar-refractivity contribution in [2.75, 3.05) is 4.90 Å². The predicted molar refractivity (Wildman–Crippen MR) is 199 cm³/mol. The van der Waals surface area contributed by atoms with Crippen LogP contribution in [0.15, 0.2) is 176 Å². The summed E-state index contributed by atoms with van der Waals surface area (Å²) >= 11 is 0. The Bertz CT molecular complexity index is 2750. The fourth-order valence-corrected chi connectivity index (χ4v) is 7.61. The average molecular weight is 600 g/mol. The van der Waals surface area contributed by atoms with Gasteiger partial charge in [-0.25, -0.2) is 0 Å². The third-order valence-corrected chi connectivity index (χ3v) is 9.61. The Morgan fingerprint density at radius 1 is 0.319 bits per heavy atom. The molecule has 0 spiro atoms. The minimum atomic E-state index is 1.11. The van der Waals surface area contributed by atoms with Crippen molar-refractivity contribution in [2.24, 2.45) is 0 Å². The van der Waals surface area contributed by atoms with Crippen molar-refractivity contribution < 1.29 is 0 Å². The van der Waals surface area contributed by atoms with Crippen LogP contribution >= 0.6 is 0 Å². The number of fused-ring (bicyclic) bond motifs is 11. The molecule has 0 radical (unpaired) electrons. The highest BCUT2D eigenvalue weighted by molar-refractivity contribution is 6.21. The molecule has 47 heavy (non-hydrogen) atoms. The van der Waals surface area contributed by atoms with Gasteiger partial charge in [0.15, 0.2) is 0 Å². The van der Waals surface area contributed by atoms with Crippen molar-refractivity contribution in [3.63, 3.8) is 0 Å². The zero-order valence-corrected chi connectivity index (χ0v) is 25.6. The van der Waals surface area contributed by atoms with Crippen molar-refractivity contribution in [2.45, 2.75) is 0 Å². The minimum Gasteiger partial charge on any atom is -0.310 e. The first kappa shape index (κ1) is 26.0. The van der Waals surface area contributed by atoms with E-state index in [1.165, 1.54) is 59.9 Å². The maximum absolute atomic E-state index is 2.46. The van der Waals surface area contributed by atoms with E-state index in [0.717, 1.165) is 22.7 Å². The number of para-hydroxylation sites is 4. The van der Waals surface area contributed by atoms with Gasteiger partial charge in [0, 0.05) is 49.7 Å². The molecule has 0 N–H and O–H groups in total. The summed E-state index contributed by atoms with van der Waals surface area (Å²) in [4.78, 5) is 2.33. The molecule has 3 aromatic heterocycles. The van der Waals surface area contributed by atoms with Crippen LogP contribution in [0.2, 0.25) is 0 Å². The van der Waals surface area contributed by atoms with E-state index in [0.29, 0.717) is 0 Å². The van der Waals surface area contributed by atoms with Gasteiger partial charge in [-0.2, -0.15) is 0 Å². The lowest BCUT2D eigenvalue weighted by atomic mass is 10.0. The molecule has 0 unspecified atom stereocenters. The van der Waals surface area contributed by atoms with Crippen LogP contribution < -0.4 is 4.90 Å². The van der Waals surface area contributed by atoms with Crippen LogP contribution in [-0.2, 0) is 0 Å². The van der Waals surface area contributed by atoms with Gasteiger partial charge in [0.2, 0.25) is 0 Å². The highest BCUT2D eigenvalue weighted by Crippen LogP contribution is 2.41. The van der Waals surface area contributed by atoms with E-state index in [1.54, 1.807) is 0 Å². The smallest absolute Gasteiger partial charge is 0.0562 e. The average Bonchev–Trinajstić information content (AvgIpc) is 3.68. The maximum atomic E-state index is 2.46. The van der Waals surface area contributed by atoms with Gasteiger partial charge >= 0.3 is 0 Å². The number of hydrogen-bond donors (Lipinski definition) is 0. The molecule has 0 saturated carbocycles. The summed E-state index contributed by atoms with van der Waals surface area (Å²) in [5.74, 6) is 0. The van der Waals surface area contributed by atoms with E-state index in [9.17, 15) is 0 Å². The van der Waals surface area contributed by atoms with Crippen molar-refractivity contribution in [3.8, 4) is 5.69 Å². The molecule has 0 amide bonds. The number of pyridine rings is 1. The monoisotopic (exact) mass is 599 g/mol. The maximum Gasteiger partial charge on any atom is 0.0562 e. The molecule has 3 heteroatoms. The van der Waals surface area contributed by atoms with Gasteiger partial charge in [-0.05, 0) is 78.2 Å². The summed E-state index contributed by atoms with van der Waals surface area (Å²) < 4.78 is 4.89. The van der Waals surface area contributed by atoms with Crippen LogP contribution in [0.25, 0.3) is 65.6 Å². The lowest BCUT2D eigenvalue weighted by molar-refractivity contribution is 1.17. The standard InChI is InChI=1S/C44H29N3/c1-3-15-31(16-4-1)45(32-17-5-2-6-18-32)33-19-13-20-34(27-33)46-41-25-12-10-23-37(41)39-28-38-35-21-8-9-22-36(35)42-26-30-14-7-11-24-40(30)47(42)44(38)29-43(39)46/h1-29H. The second-order valence-corrected chi connectivity index (χ2v) is 12.2. The Kier molecular flexibility index (Phi) is 5.57. The quantitative estimate of drug-likeness (QED) is 0.183. The lowest BCUT2D eigenvalue weighted by Crippen LogP contribution is -2.10. The van der Waals surface area contributed by atoms with Crippen LogP contribution in [-0.4, -0.2) is 8.97 Å². The SMILES string of the molecule is c1ccc(N(c2ccccc2)c2cccc(-n3c4ccccc4c4cc5c6ccccc6c6cc7ccccc7n6c5cc43)c2)cc1. The number of aromatic nitrogens is 2. The Morgan fingerprint density at radius 2 is 0.872 bits per heavy atom. The van der Waals surface area contributed by atoms with Crippen LogP contribution in [0.5, 0.6) is 0 Å².